The van der Waals surface area contributed by atoms with Gasteiger partial charge in [0.05, 0.1) is 13.2 Å². The predicted molar refractivity (Wildman–Crippen MR) is 135 cm³/mol. The van der Waals surface area contributed by atoms with Crippen molar-refractivity contribution in [3.63, 3.8) is 0 Å². The molecule has 174 valence electrons. The lowest BCUT2D eigenvalue weighted by Crippen LogP contribution is -2.41. The highest BCUT2D eigenvalue weighted by Crippen LogP contribution is 2.28. The van der Waals surface area contributed by atoms with Gasteiger partial charge in [0.15, 0.2) is 5.96 Å². The van der Waals surface area contributed by atoms with Crippen molar-refractivity contribution in [1.82, 2.24) is 15.2 Å². The minimum atomic E-state index is -0.195. The van der Waals surface area contributed by atoms with Gasteiger partial charge in [0.1, 0.15) is 5.82 Å². The van der Waals surface area contributed by atoms with Crippen LogP contribution in [0.4, 0.5) is 5.82 Å². The fraction of sp³-hybridized carbons (Fsp3) is 0.682. The molecule has 1 amide bonds. The van der Waals surface area contributed by atoms with Crippen molar-refractivity contribution in [2.45, 2.75) is 39.2 Å². The molecule has 2 fully saturated rings. The number of halogens is 1. The number of piperidine rings is 1. The molecule has 1 aliphatic carbocycles. The summed E-state index contributed by atoms with van der Waals surface area (Å²) in [6, 6.07) is 4.03. The summed E-state index contributed by atoms with van der Waals surface area (Å²) in [5, 5.41) is 3.37. The third-order valence-electron chi connectivity index (χ3n) is 5.78. The van der Waals surface area contributed by atoms with Crippen LogP contribution >= 0.6 is 24.0 Å². The minimum absolute atomic E-state index is 0. The molecular formula is C22H37IN6O2. The van der Waals surface area contributed by atoms with Gasteiger partial charge in [-0.2, -0.15) is 0 Å². The van der Waals surface area contributed by atoms with Crippen molar-refractivity contribution in [3.8, 4) is 0 Å². The number of primary amides is 1. The maximum Gasteiger partial charge on any atom is 0.220 e. The van der Waals surface area contributed by atoms with E-state index in [0.29, 0.717) is 13.2 Å². The van der Waals surface area contributed by atoms with Crippen molar-refractivity contribution in [2.75, 3.05) is 51.3 Å². The predicted octanol–water partition coefficient (Wildman–Crippen LogP) is 2.23. The molecule has 9 heteroatoms. The van der Waals surface area contributed by atoms with Crippen LogP contribution in [-0.2, 0) is 16.1 Å². The second-order valence-corrected chi connectivity index (χ2v) is 8.26. The van der Waals surface area contributed by atoms with Gasteiger partial charge in [-0.25, -0.2) is 9.98 Å². The highest BCUT2D eigenvalue weighted by Gasteiger charge is 2.25. The number of pyridine rings is 1. The van der Waals surface area contributed by atoms with Crippen LogP contribution in [0, 0.1) is 11.8 Å². The summed E-state index contributed by atoms with van der Waals surface area (Å²) in [6.07, 6.45) is 6.00. The van der Waals surface area contributed by atoms with E-state index in [0.717, 1.165) is 68.9 Å². The van der Waals surface area contributed by atoms with Gasteiger partial charge < -0.3 is 25.6 Å². The molecule has 1 saturated heterocycles. The lowest BCUT2D eigenvalue weighted by atomic mass is 9.96. The summed E-state index contributed by atoms with van der Waals surface area (Å²) < 4.78 is 5.77. The smallest absolute Gasteiger partial charge is 0.220 e. The maximum atomic E-state index is 11.4. The maximum absolute atomic E-state index is 11.4. The summed E-state index contributed by atoms with van der Waals surface area (Å²) in [5.41, 5.74) is 6.56. The topological polar surface area (TPSA) is 96.1 Å². The van der Waals surface area contributed by atoms with Gasteiger partial charge in [-0.3, -0.25) is 4.79 Å². The second kappa shape index (κ2) is 13.0. The number of ether oxygens (including phenoxy) is 1. The average Bonchev–Trinajstić information content (AvgIpc) is 3.59. The van der Waals surface area contributed by atoms with Crippen molar-refractivity contribution in [1.29, 1.82) is 0 Å². The number of nitrogens with one attached hydrogen (secondary N) is 1. The molecule has 2 heterocycles. The molecule has 2 aliphatic rings. The van der Waals surface area contributed by atoms with Crippen molar-refractivity contribution in [3.05, 3.63) is 23.9 Å². The zero-order valence-electron chi connectivity index (χ0n) is 18.8. The van der Waals surface area contributed by atoms with Crippen LogP contribution in [0.5, 0.6) is 0 Å². The first kappa shape index (κ1) is 25.6. The van der Waals surface area contributed by atoms with Crippen LogP contribution in [0.1, 0.15) is 38.2 Å². The largest absolute Gasteiger partial charge is 0.379 e. The highest BCUT2D eigenvalue weighted by atomic mass is 127. The molecule has 3 rings (SSSR count). The number of anilines is 1. The molecular weight excluding hydrogens is 507 g/mol. The van der Waals surface area contributed by atoms with E-state index in [1.165, 1.54) is 12.8 Å². The van der Waals surface area contributed by atoms with Gasteiger partial charge in [-0.05, 0) is 44.6 Å². The number of rotatable bonds is 10. The number of aromatic nitrogens is 1. The fourth-order valence-corrected chi connectivity index (χ4v) is 3.69. The van der Waals surface area contributed by atoms with Crippen molar-refractivity contribution < 1.29 is 9.53 Å². The molecule has 0 unspecified atom stereocenters. The molecule has 3 N–H and O–H groups in total. The SMILES string of the molecule is CCNC(=NCc1cccnc1N1CCC(C(N)=O)CC1)N(C)CCOCC1CC1.I. The number of amides is 1. The van der Waals surface area contributed by atoms with E-state index in [1.54, 1.807) is 0 Å². The van der Waals surface area contributed by atoms with E-state index >= 15 is 0 Å². The van der Waals surface area contributed by atoms with E-state index in [2.05, 4.69) is 33.1 Å². The van der Waals surface area contributed by atoms with E-state index in [4.69, 9.17) is 15.5 Å². The molecule has 8 nitrogen and oxygen atoms in total. The normalized spacial score (nSPS) is 17.2. The summed E-state index contributed by atoms with van der Waals surface area (Å²) in [7, 11) is 2.04. The molecule has 1 aromatic heterocycles. The van der Waals surface area contributed by atoms with Crippen LogP contribution < -0.4 is 16.0 Å². The summed E-state index contributed by atoms with van der Waals surface area (Å²) in [6.45, 7) is 7.42. The molecule has 0 bridgehead atoms. The lowest BCUT2D eigenvalue weighted by Gasteiger charge is -2.32. The first-order valence-corrected chi connectivity index (χ1v) is 11.1. The zero-order chi connectivity index (χ0) is 21.3. The van der Waals surface area contributed by atoms with Crippen LogP contribution in [-0.4, -0.2) is 68.2 Å². The second-order valence-electron chi connectivity index (χ2n) is 8.26. The van der Waals surface area contributed by atoms with E-state index < -0.39 is 0 Å². The molecule has 0 atom stereocenters. The summed E-state index contributed by atoms with van der Waals surface area (Å²) >= 11 is 0. The van der Waals surface area contributed by atoms with Gasteiger partial charge in [-0.15, -0.1) is 24.0 Å². The fourth-order valence-electron chi connectivity index (χ4n) is 3.69. The molecule has 1 aliphatic heterocycles. The Labute approximate surface area is 203 Å². The lowest BCUT2D eigenvalue weighted by molar-refractivity contribution is -0.122. The Morgan fingerprint density at radius 2 is 2.10 bits per heavy atom. The van der Waals surface area contributed by atoms with Gasteiger partial charge in [0.2, 0.25) is 5.91 Å². The summed E-state index contributed by atoms with van der Waals surface area (Å²) in [4.78, 5) is 25.3. The number of guanidine groups is 1. The van der Waals surface area contributed by atoms with Crippen LogP contribution in [0.15, 0.2) is 23.3 Å². The average molecular weight is 544 g/mol. The number of nitrogens with two attached hydrogens (primary N) is 1. The molecule has 1 aromatic rings. The number of hydrogen-bond donors (Lipinski definition) is 2. The van der Waals surface area contributed by atoms with Crippen LogP contribution in [0.2, 0.25) is 0 Å². The molecule has 0 aromatic carbocycles. The van der Waals surface area contributed by atoms with Gasteiger partial charge in [-0.1, -0.05) is 6.07 Å². The number of nitrogens with zero attached hydrogens (tertiary/aromatic N) is 4. The van der Waals surface area contributed by atoms with Crippen molar-refractivity contribution >= 4 is 41.7 Å². The first-order chi connectivity index (χ1) is 14.6. The Balaban J connectivity index is 0.00000341. The number of carbonyl (C=O) groups is 1. The zero-order valence-corrected chi connectivity index (χ0v) is 21.1. The molecule has 0 radical (unpaired) electrons. The Kier molecular flexibility index (Phi) is 10.8. The molecule has 0 spiro atoms. The summed E-state index contributed by atoms with van der Waals surface area (Å²) in [5.74, 6) is 2.39. The van der Waals surface area contributed by atoms with Gasteiger partial charge in [0.25, 0.3) is 0 Å². The quantitative estimate of drug-likeness (QED) is 0.203. The van der Waals surface area contributed by atoms with Crippen LogP contribution in [0.3, 0.4) is 0 Å². The Hall–Kier alpha value is -1.62. The first-order valence-electron chi connectivity index (χ1n) is 11.1. The number of likely N-dealkylation sites (N-methyl/N-ethyl adjacent to an activating group) is 1. The third-order valence-corrected chi connectivity index (χ3v) is 5.78. The van der Waals surface area contributed by atoms with E-state index in [9.17, 15) is 4.79 Å². The molecule has 31 heavy (non-hydrogen) atoms. The number of hydrogen-bond acceptors (Lipinski definition) is 5. The van der Waals surface area contributed by atoms with Crippen molar-refractivity contribution in [2.24, 2.45) is 22.6 Å². The monoisotopic (exact) mass is 544 g/mol. The molecule has 1 saturated carbocycles. The van der Waals surface area contributed by atoms with E-state index in [-0.39, 0.29) is 35.8 Å². The standard InChI is InChI=1S/C22H36N6O2.HI/c1-3-24-22(27(2)13-14-30-16-17-6-7-17)26-15-19-5-4-10-25-21(19)28-11-8-18(9-12-28)20(23)29;/h4-5,10,17-18H,3,6-9,11-16H2,1-2H3,(H2,23,29)(H,24,26);1H. The third kappa shape index (κ3) is 8.10. The number of carbonyl (C=O) groups excluding carboxylic acids is 1. The highest BCUT2D eigenvalue weighted by molar-refractivity contribution is 14.0. The van der Waals surface area contributed by atoms with Gasteiger partial charge in [0, 0.05) is 57.5 Å². The Morgan fingerprint density at radius 1 is 1.35 bits per heavy atom. The van der Waals surface area contributed by atoms with Crippen LogP contribution in [0.25, 0.3) is 0 Å². The minimum Gasteiger partial charge on any atom is -0.379 e. The number of aliphatic imine (C=N–C) groups is 1. The van der Waals surface area contributed by atoms with E-state index in [1.807, 2.05) is 19.3 Å². The Morgan fingerprint density at radius 3 is 2.74 bits per heavy atom. The van der Waals surface area contributed by atoms with Gasteiger partial charge >= 0.3 is 0 Å². The Bertz CT molecular complexity index is 720.